The Kier molecular flexibility index (Phi) is 4.65. The van der Waals surface area contributed by atoms with E-state index in [0.717, 1.165) is 37.2 Å². The van der Waals surface area contributed by atoms with E-state index in [9.17, 15) is 5.11 Å². The van der Waals surface area contributed by atoms with Crippen molar-refractivity contribution >= 4 is 0 Å². The van der Waals surface area contributed by atoms with Crippen LogP contribution in [0.5, 0.6) is 5.75 Å². The average Bonchev–Trinajstić information content (AvgIpc) is 2.92. The molecule has 1 saturated heterocycles. The molecule has 3 aromatic rings. The normalized spacial score (nSPS) is 20.8. The van der Waals surface area contributed by atoms with Crippen LogP contribution < -0.4 is 4.74 Å². The largest absolute Gasteiger partial charge is 0.489 e. The summed E-state index contributed by atoms with van der Waals surface area (Å²) in [6.07, 6.45) is 1.47. The first-order valence-corrected chi connectivity index (χ1v) is 10.5. The molecule has 2 heterocycles. The molecule has 3 heteroatoms. The predicted octanol–water partition coefficient (Wildman–Crippen LogP) is 4.96. The summed E-state index contributed by atoms with van der Waals surface area (Å²) < 4.78 is 6.19. The van der Waals surface area contributed by atoms with E-state index >= 15 is 0 Å². The van der Waals surface area contributed by atoms with E-state index in [1.807, 2.05) is 30.3 Å². The minimum absolute atomic E-state index is 0.156. The number of aliphatic hydroxyl groups is 1. The Hall–Kier alpha value is -2.62. The van der Waals surface area contributed by atoms with Crippen molar-refractivity contribution < 1.29 is 9.84 Å². The standard InChI is InChI=1S/C26H27NO2/c1-19-11-12-24-23(17-19)25(22-10-6-5-7-20(22)18-29-24)27-15-13-26(28,14-16-27)21-8-3-2-4-9-21/h2-12,17,25,28H,13-16,18H2,1H3. The molecule has 3 aromatic carbocycles. The number of piperidine rings is 1. The Morgan fingerprint density at radius 2 is 1.62 bits per heavy atom. The van der Waals surface area contributed by atoms with Gasteiger partial charge in [-0.1, -0.05) is 72.3 Å². The van der Waals surface area contributed by atoms with Crippen molar-refractivity contribution in [3.8, 4) is 5.75 Å². The third-order valence-electron chi connectivity index (χ3n) is 6.49. The zero-order valence-electron chi connectivity index (χ0n) is 16.8. The summed E-state index contributed by atoms with van der Waals surface area (Å²) in [5, 5.41) is 11.3. The highest BCUT2D eigenvalue weighted by molar-refractivity contribution is 5.48. The van der Waals surface area contributed by atoms with Gasteiger partial charge in [0.15, 0.2) is 0 Å². The van der Waals surface area contributed by atoms with Crippen LogP contribution in [-0.2, 0) is 12.2 Å². The first-order chi connectivity index (χ1) is 14.1. The maximum absolute atomic E-state index is 11.3. The van der Waals surface area contributed by atoms with Crippen LogP contribution >= 0.6 is 0 Å². The van der Waals surface area contributed by atoms with Crippen LogP contribution in [0.2, 0.25) is 0 Å². The van der Waals surface area contributed by atoms with Gasteiger partial charge in [-0.05, 0) is 42.5 Å². The van der Waals surface area contributed by atoms with Gasteiger partial charge in [0.05, 0.1) is 11.6 Å². The van der Waals surface area contributed by atoms with Gasteiger partial charge in [0, 0.05) is 18.7 Å². The van der Waals surface area contributed by atoms with Crippen LogP contribution in [-0.4, -0.2) is 23.1 Å². The molecule has 29 heavy (non-hydrogen) atoms. The second-order valence-corrected chi connectivity index (χ2v) is 8.36. The van der Waals surface area contributed by atoms with E-state index in [-0.39, 0.29) is 6.04 Å². The molecular weight excluding hydrogens is 358 g/mol. The molecule has 148 valence electrons. The van der Waals surface area contributed by atoms with Crippen LogP contribution in [0.15, 0.2) is 72.8 Å². The first-order valence-electron chi connectivity index (χ1n) is 10.5. The van der Waals surface area contributed by atoms with Gasteiger partial charge >= 0.3 is 0 Å². The number of rotatable bonds is 2. The molecule has 5 rings (SSSR count). The van der Waals surface area contributed by atoms with Crippen molar-refractivity contribution in [2.45, 2.75) is 38.0 Å². The number of nitrogens with zero attached hydrogens (tertiary/aromatic N) is 1. The Balaban J connectivity index is 1.51. The number of ether oxygens (including phenoxy) is 1. The monoisotopic (exact) mass is 385 g/mol. The molecule has 2 aliphatic rings. The minimum atomic E-state index is -0.742. The molecule has 1 fully saturated rings. The summed E-state index contributed by atoms with van der Waals surface area (Å²) in [7, 11) is 0. The summed E-state index contributed by atoms with van der Waals surface area (Å²) in [5.74, 6) is 0.973. The highest BCUT2D eigenvalue weighted by atomic mass is 16.5. The maximum Gasteiger partial charge on any atom is 0.124 e. The SMILES string of the molecule is Cc1ccc2c(c1)C(N1CCC(O)(c3ccccc3)CC1)c1ccccc1CO2. The molecule has 2 aliphatic heterocycles. The molecule has 0 saturated carbocycles. The highest BCUT2D eigenvalue weighted by Gasteiger charge is 2.38. The third kappa shape index (κ3) is 3.35. The predicted molar refractivity (Wildman–Crippen MR) is 115 cm³/mol. The van der Waals surface area contributed by atoms with Crippen molar-refractivity contribution in [2.24, 2.45) is 0 Å². The molecule has 1 N–H and O–H groups in total. The van der Waals surface area contributed by atoms with E-state index in [1.54, 1.807) is 0 Å². The van der Waals surface area contributed by atoms with Crippen LogP contribution in [0, 0.1) is 6.92 Å². The van der Waals surface area contributed by atoms with Gasteiger partial charge in [-0.3, -0.25) is 4.90 Å². The van der Waals surface area contributed by atoms with E-state index in [2.05, 4.69) is 54.3 Å². The molecule has 0 amide bonds. The first kappa shape index (κ1) is 18.4. The van der Waals surface area contributed by atoms with Gasteiger partial charge in [-0.2, -0.15) is 0 Å². The molecule has 1 atom stereocenters. The zero-order valence-corrected chi connectivity index (χ0v) is 16.8. The van der Waals surface area contributed by atoms with Gasteiger partial charge in [-0.15, -0.1) is 0 Å². The van der Waals surface area contributed by atoms with Crippen LogP contribution in [0.25, 0.3) is 0 Å². The Morgan fingerprint density at radius 1 is 0.897 bits per heavy atom. The lowest BCUT2D eigenvalue weighted by molar-refractivity contribution is -0.0325. The number of hydrogen-bond acceptors (Lipinski definition) is 3. The molecule has 3 nitrogen and oxygen atoms in total. The van der Waals surface area contributed by atoms with Crippen LogP contribution in [0.1, 0.15) is 46.7 Å². The van der Waals surface area contributed by atoms with Crippen molar-refractivity contribution in [3.05, 3.63) is 101 Å². The van der Waals surface area contributed by atoms with Gasteiger partial charge in [-0.25, -0.2) is 0 Å². The lowest BCUT2D eigenvalue weighted by atomic mass is 9.82. The number of aryl methyl sites for hydroxylation is 1. The molecule has 1 unspecified atom stereocenters. The van der Waals surface area contributed by atoms with Gasteiger partial charge in [0.1, 0.15) is 12.4 Å². The molecule has 0 spiro atoms. The minimum Gasteiger partial charge on any atom is -0.489 e. The second kappa shape index (κ2) is 7.33. The average molecular weight is 386 g/mol. The van der Waals surface area contributed by atoms with E-state index in [0.29, 0.717) is 6.61 Å². The highest BCUT2D eigenvalue weighted by Crippen LogP contribution is 2.43. The summed E-state index contributed by atoms with van der Waals surface area (Å²) >= 11 is 0. The molecule has 0 bridgehead atoms. The van der Waals surface area contributed by atoms with Gasteiger partial charge in [0.2, 0.25) is 0 Å². The lowest BCUT2D eigenvalue weighted by Crippen LogP contribution is -2.44. The Bertz CT molecular complexity index is 1010. The van der Waals surface area contributed by atoms with Crippen molar-refractivity contribution in [3.63, 3.8) is 0 Å². The summed E-state index contributed by atoms with van der Waals surface area (Å²) in [6, 6.07) is 25.4. The van der Waals surface area contributed by atoms with E-state index in [4.69, 9.17) is 4.74 Å². The van der Waals surface area contributed by atoms with E-state index in [1.165, 1.54) is 22.3 Å². The smallest absolute Gasteiger partial charge is 0.124 e. The Labute approximate surface area is 172 Å². The van der Waals surface area contributed by atoms with Crippen molar-refractivity contribution in [1.82, 2.24) is 4.90 Å². The van der Waals surface area contributed by atoms with Gasteiger partial charge < -0.3 is 9.84 Å². The number of fused-ring (bicyclic) bond motifs is 2. The van der Waals surface area contributed by atoms with Crippen molar-refractivity contribution in [1.29, 1.82) is 0 Å². The molecule has 0 aromatic heterocycles. The quantitative estimate of drug-likeness (QED) is 0.677. The van der Waals surface area contributed by atoms with Crippen molar-refractivity contribution in [2.75, 3.05) is 13.1 Å². The topological polar surface area (TPSA) is 32.7 Å². The number of hydrogen-bond donors (Lipinski definition) is 1. The van der Waals surface area contributed by atoms with E-state index < -0.39 is 5.60 Å². The lowest BCUT2D eigenvalue weighted by Gasteiger charge is -2.42. The fourth-order valence-electron chi connectivity index (χ4n) is 4.85. The summed E-state index contributed by atoms with van der Waals surface area (Å²) in [6.45, 7) is 4.43. The summed E-state index contributed by atoms with van der Waals surface area (Å²) in [4.78, 5) is 2.52. The fourth-order valence-corrected chi connectivity index (χ4v) is 4.85. The fraction of sp³-hybridized carbons (Fsp3) is 0.308. The molecule has 0 radical (unpaired) electrons. The third-order valence-corrected chi connectivity index (χ3v) is 6.49. The second-order valence-electron chi connectivity index (χ2n) is 8.36. The van der Waals surface area contributed by atoms with Crippen LogP contribution in [0.4, 0.5) is 0 Å². The van der Waals surface area contributed by atoms with Gasteiger partial charge in [0.25, 0.3) is 0 Å². The number of likely N-dealkylation sites (tertiary alicyclic amines) is 1. The number of benzene rings is 3. The molecular formula is C26H27NO2. The maximum atomic E-state index is 11.3. The molecule has 0 aliphatic carbocycles. The van der Waals surface area contributed by atoms with Crippen LogP contribution in [0.3, 0.4) is 0 Å². The zero-order chi connectivity index (χ0) is 19.8. The summed E-state index contributed by atoms with van der Waals surface area (Å²) in [5.41, 5.74) is 5.33. The Morgan fingerprint density at radius 3 is 2.41 bits per heavy atom.